The molecule has 0 aromatic carbocycles. The van der Waals surface area contributed by atoms with E-state index in [4.69, 9.17) is 0 Å². The topological polar surface area (TPSA) is 47.3 Å². The minimum absolute atomic E-state index is 0.0587. The van der Waals surface area contributed by atoms with Gasteiger partial charge in [0.25, 0.3) is 0 Å². The van der Waals surface area contributed by atoms with E-state index < -0.39 is 0 Å². The molecule has 0 aliphatic carbocycles. The molecule has 0 amide bonds. The van der Waals surface area contributed by atoms with Gasteiger partial charge in [0.15, 0.2) is 11.5 Å². The molecule has 4 heteroatoms. The van der Waals surface area contributed by atoms with Gasteiger partial charge in [-0.05, 0) is 17.7 Å². The third-order valence-electron chi connectivity index (χ3n) is 2.39. The lowest BCUT2D eigenvalue weighted by Crippen LogP contribution is -2.13. The molecule has 0 saturated carbocycles. The van der Waals surface area contributed by atoms with Crippen molar-refractivity contribution in [3.05, 3.63) is 29.7 Å². The van der Waals surface area contributed by atoms with Crippen LogP contribution in [0.2, 0.25) is 0 Å². The Labute approximate surface area is 94.3 Å². The molecule has 4 nitrogen and oxygen atoms in total. The van der Waals surface area contributed by atoms with Crippen molar-refractivity contribution in [1.29, 1.82) is 0 Å². The highest BCUT2D eigenvalue weighted by atomic mass is 16.1. The van der Waals surface area contributed by atoms with E-state index >= 15 is 0 Å². The molecule has 2 aromatic heterocycles. The summed E-state index contributed by atoms with van der Waals surface area (Å²) in [5, 5.41) is 4.40. The summed E-state index contributed by atoms with van der Waals surface area (Å²) in [6.45, 7) is 6.23. The lowest BCUT2D eigenvalue weighted by Gasteiger charge is -2.11. The van der Waals surface area contributed by atoms with Gasteiger partial charge in [0.05, 0.1) is 0 Å². The summed E-state index contributed by atoms with van der Waals surface area (Å²) in [6.07, 6.45) is 3.16. The summed E-state index contributed by atoms with van der Waals surface area (Å²) < 4.78 is 1.74. The van der Waals surface area contributed by atoms with E-state index in [1.807, 2.05) is 18.3 Å². The van der Waals surface area contributed by atoms with Crippen molar-refractivity contribution in [2.45, 2.75) is 32.6 Å². The first-order valence-electron chi connectivity index (χ1n) is 5.30. The molecule has 0 saturated heterocycles. The van der Waals surface area contributed by atoms with E-state index in [2.05, 4.69) is 30.9 Å². The molecule has 2 aromatic rings. The number of rotatable bonds is 2. The molecule has 2 heterocycles. The van der Waals surface area contributed by atoms with E-state index in [0.717, 1.165) is 23.3 Å². The van der Waals surface area contributed by atoms with Gasteiger partial charge < -0.3 is 4.79 Å². The monoisotopic (exact) mass is 217 g/mol. The number of pyridine rings is 1. The van der Waals surface area contributed by atoms with E-state index in [-0.39, 0.29) is 5.41 Å². The zero-order valence-corrected chi connectivity index (χ0v) is 9.77. The van der Waals surface area contributed by atoms with Gasteiger partial charge in [-0.25, -0.2) is 9.50 Å². The van der Waals surface area contributed by atoms with Crippen LogP contribution >= 0.6 is 0 Å². The minimum Gasteiger partial charge on any atom is -0.303 e. The van der Waals surface area contributed by atoms with E-state index in [1.165, 1.54) is 0 Å². The Morgan fingerprint density at radius 3 is 2.81 bits per heavy atom. The average Bonchev–Trinajstić information content (AvgIpc) is 2.60. The van der Waals surface area contributed by atoms with Crippen molar-refractivity contribution in [3.8, 4) is 0 Å². The molecule has 84 valence electrons. The second-order valence-corrected chi connectivity index (χ2v) is 4.89. The fourth-order valence-electron chi connectivity index (χ4n) is 1.46. The first-order chi connectivity index (χ1) is 7.50. The molecular weight excluding hydrogens is 202 g/mol. The summed E-state index contributed by atoms with van der Waals surface area (Å²) in [5.74, 6) is 0.816. The highest BCUT2D eigenvalue weighted by molar-refractivity contribution is 5.56. The zero-order valence-electron chi connectivity index (χ0n) is 9.77. The van der Waals surface area contributed by atoms with Crippen LogP contribution < -0.4 is 0 Å². The van der Waals surface area contributed by atoms with Gasteiger partial charge in [0.2, 0.25) is 0 Å². The van der Waals surface area contributed by atoms with Crippen LogP contribution in [-0.4, -0.2) is 20.9 Å². The third-order valence-corrected chi connectivity index (χ3v) is 2.39. The smallest absolute Gasteiger partial charge is 0.157 e. The van der Waals surface area contributed by atoms with Crippen molar-refractivity contribution in [2.24, 2.45) is 0 Å². The number of carbonyl (C=O) groups excluding carboxylic acids is 1. The number of nitrogens with zero attached hydrogens (tertiary/aromatic N) is 3. The van der Waals surface area contributed by atoms with E-state index in [9.17, 15) is 4.79 Å². The summed E-state index contributed by atoms with van der Waals surface area (Å²) >= 11 is 0. The summed E-state index contributed by atoms with van der Waals surface area (Å²) in [7, 11) is 0. The SMILES string of the molecule is CC(C)(C)c1nc2cc(CC=O)ccn2n1. The first-order valence-corrected chi connectivity index (χ1v) is 5.30. The van der Waals surface area contributed by atoms with Gasteiger partial charge in [-0.15, -0.1) is 0 Å². The Morgan fingerprint density at radius 1 is 1.44 bits per heavy atom. The number of aromatic nitrogens is 3. The van der Waals surface area contributed by atoms with Crippen molar-refractivity contribution >= 4 is 11.9 Å². The standard InChI is InChI=1S/C12H15N3O/c1-12(2,3)11-13-10-8-9(5-7-16)4-6-15(10)14-11/h4,6-8H,5H2,1-3H3. The quantitative estimate of drug-likeness (QED) is 0.720. The van der Waals surface area contributed by atoms with Crippen molar-refractivity contribution < 1.29 is 4.79 Å². The second-order valence-electron chi connectivity index (χ2n) is 4.89. The van der Waals surface area contributed by atoms with Gasteiger partial charge in [-0.2, -0.15) is 5.10 Å². The highest BCUT2D eigenvalue weighted by Gasteiger charge is 2.19. The molecule has 0 N–H and O–H groups in total. The lowest BCUT2D eigenvalue weighted by atomic mass is 9.96. The zero-order chi connectivity index (χ0) is 11.8. The maximum atomic E-state index is 10.4. The normalized spacial score (nSPS) is 11.9. The van der Waals surface area contributed by atoms with Crippen molar-refractivity contribution in [3.63, 3.8) is 0 Å². The molecule has 0 aliphatic heterocycles. The van der Waals surface area contributed by atoms with Crippen LogP contribution in [0.1, 0.15) is 32.2 Å². The Morgan fingerprint density at radius 2 is 2.19 bits per heavy atom. The molecule has 0 spiro atoms. The van der Waals surface area contributed by atoms with Crippen LogP contribution in [0.15, 0.2) is 18.3 Å². The highest BCUT2D eigenvalue weighted by Crippen LogP contribution is 2.19. The lowest BCUT2D eigenvalue weighted by molar-refractivity contribution is -0.107. The number of carbonyl (C=O) groups is 1. The van der Waals surface area contributed by atoms with E-state index in [0.29, 0.717) is 6.42 Å². The Balaban J connectivity index is 2.50. The molecule has 2 rings (SSSR count). The van der Waals surface area contributed by atoms with Gasteiger partial charge >= 0.3 is 0 Å². The summed E-state index contributed by atoms with van der Waals surface area (Å²) in [4.78, 5) is 14.9. The maximum Gasteiger partial charge on any atom is 0.157 e. The third kappa shape index (κ3) is 1.96. The molecular formula is C12H15N3O. The molecule has 16 heavy (non-hydrogen) atoms. The number of aldehydes is 1. The molecule has 0 atom stereocenters. The molecule has 0 fully saturated rings. The van der Waals surface area contributed by atoms with Crippen LogP contribution in [-0.2, 0) is 16.6 Å². The van der Waals surface area contributed by atoms with Crippen LogP contribution in [0, 0.1) is 0 Å². The summed E-state index contributed by atoms with van der Waals surface area (Å²) in [5.41, 5.74) is 1.70. The molecule has 0 unspecified atom stereocenters. The van der Waals surface area contributed by atoms with Gasteiger partial charge in [0, 0.05) is 18.0 Å². The maximum absolute atomic E-state index is 10.4. The minimum atomic E-state index is -0.0587. The van der Waals surface area contributed by atoms with Crippen LogP contribution in [0.4, 0.5) is 0 Å². The Kier molecular flexibility index (Phi) is 2.50. The fraction of sp³-hybridized carbons (Fsp3) is 0.417. The predicted octanol–water partition coefficient (Wildman–Crippen LogP) is 1.77. The van der Waals surface area contributed by atoms with Gasteiger partial charge in [-0.1, -0.05) is 20.8 Å². The molecule has 0 radical (unpaired) electrons. The predicted molar refractivity (Wildman–Crippen MR) is 61.5 cm³/mol. The van der Waals surface area contributed by atoms with Crippen LogP contribution in [0.5, 0.6) is 0 Å². The summed E-state index contributed by atoms with van der Waals surface area (Å²) in [6, 6.07) is 3.79. The largest absolute Gasteiger partial charge is 0.303 e. The fourth-order valence-corrected chi connectivity index (χ4v) is 1.46. The number of fused-ring (bicyclic) bond motifs is 1. The second kappa shape index (κ2) is 3.70. The first kappa shape index (κ1) is 10.8. The Bertz CT molecular complexity index is 523. The molecule has 0 bridgehead atoms. The van der Waals surface area contributed by atoms with Gasteiger partial charge in [0.1, 0.15) is 6.29 Å². The molecule has 0 aliphatic rings. The van der Waals surface area contributed by atoms with Crippen molar-refractivity contribution in [1.82, 2.24) is 14.6 Å². The van der Waals surface area contributed by atoms with Crippen LogP contribution in [0.3, 0.4) is 0 Å². The van der Waals surface area contributed by atoms with E-state index in [1.54, 1.807) is 4.52 Å². The average molecular weight is 217 g/mol. The van der Waals surface area contributed by atoms with Crippen LogP contribution in [0.25, 0.3) is 5.65 Å². The number of hydrogen-bond acceptors (Lipinski definition) is 3. The number of hydrogen-bond donors (Lipinski definition) is 0. The Hall–Kier alpha value is -1.71. The van der Waals surface area contributed by atoms with Crippen molar-refractivity contribution in [2.75, 3.05) is 0 Å². The van der Waals surface area contributed by atoms with Gasteiger partial charge in [-0.3, -0.25) is 0 Å².